The number of carbonyl (C=O) groups is 1. The highest BCUT2D eigenvalue weighted by Crippen LogP contribution is 2.17. The zero-order chi connectivity index (χ0) is 12.3. The molecule has 1 fully saturated rings. The predicted molar refractivity (Wildman–Crippen MR) is 73.4 cm³/mol. The fourth-order valence-electron chi connectivity index (χ4n) is 2.04. The summed E-state index contributed by atoms with van der Waals surface area (Å²) in [7, 11) is 1.60. The van der Waals surface area contributed by atoms with Gasteiger partial charge in [-0.25, -0.2) is 0 Å². The largest absolute Gasteiger partial charge is 0.497 e. The van der Waals surface area contributed by atoms with E-state index in [1.807, 2.05) is 23.1 Å². The molecule has 100 valence electrons. The number of benzene rings is 1. The van der Waals surface area contributed by atoms with E-state index in [0.29, 0.717) is 11.3 Å². The van der Waals surface area contributed by atoms with Gasteiger partial charge in [-0.1, -0.05) is 6.07 Å². The lowest BCUT2D eigenvalue weighted by molar-refractivity contribution is 0.0714. The first-order valence-electron chi connectivity index (χ1n) is 5.89. The molecule has 1 amide bonds. The van der Waals surface area contributed by atoms with Crippen molar-refractivity contribution in [3.8, 4) is 5.75 Å². The van der Waals surface area contributed by atoms with Gasteiger partial charge >= 0.3 is 0 Å². The standard InChI is InChI=1S/C13H18N2O2.ClH/c1-17-12-4-2-3-10(9-12)13(16)15-7-5-11(14)6-8-15;/h2-4,9,11H,5-8,14H2,1H3;1H. The van der Waals surface area contributed by atoms with Crippen LogP contribution < -0.4 is 10.5 Å². The summed E-state index contributed by atoms with van der Waals surface area (Å²) >= 11 is 0. The molecule has 2 N–H and O–H groups in total. The Morgan fingerprint density at radius 3 is 2.67 bits per heavy atom. The minimum atomic E-state index is 0. The summed E-state index contributed by atoms with van der Waals surface area (Å²) in [5.41, 5.74) is 6.50. The maximum atomic E-state index is 12.2. The highest BCUT2D eigenvalue weighted by atomic mass is 35.5. The van der Waals surface area contributed by atoms with E-state index in [1.54, 1.807) is 13.2 Å². The Labute approximate surface area is 114 Å². The van der Waals surface area contributed by atoms with E-state index in [4.69, 9.17) is 10.5 Å². The van der Waals surface area contributed by atoms with Crippen LogP contribution in [0.25, 0.3) is 0 Å². The molecule has 18 heavy (non-hydrogen) atoms. The minimum Gasteiger partial charge on any atom is -0.497 e. The molecule has 1 aromatic carbocycles. The van der Waals surface area contributed by atoms with Crippen LogP contribution in [0.1, 0.15) is 23.2 Å². The number of rotatable bonds is 2. The molecule has 1 aromatic rings. The summed E-state index contributed by atoms with van der Waals surface area (Å²) in [5.74, 6) is 0.778. The second-order valence-corrected chi connectivity index (χ2v) is 4.36. The maximum absolute atomic E-state index is 12.2. The third kappa shape index (κ3) is 3.37. The molecule has 4 nitrogen and oxygen atoms in total. The smallest absolute Gasteiger partial charge is 0.253 e. The van der Waals surface area contributed by atoms with Crippen LogP contribution in [0.15, 0.2) is 24.3 Å². The molecule has 1 heterocycles. The van der Waals surface area contributed by atoms with Gasteiger partial charge < -0.3 is 15.4 Å². The van der Waals surface area contributed by atoms with Gasteiger partial charge in [0.15, 0.2) is 0 Å². The Bertz CT molecular complexity index is 404. The van der Waals surface area contributed by atoms with Gasteiger partial charge in [0.05, 0.1) is 7.11 Å². The van der Waals surface area contributed by atoms with Crippen LogP contribution in [-0.2, 0) is 0 Å². The van der Waals surface area contributed by atoms with Crippen molar-refractivity contribution in [3.63, 3.8) is 0 Å². The fourth-order valence-corrected chi connectivity index (χ4v) is 2.04. The first-order valence-corrected chi connectivity index (χ1v) is 5.89. The average molecular weight is 271 g/mol. The molecule has 0 aliphatic carbocycles. The van der Waals surface area contributed by atoms with E-state index in [0.717, 1.165) is 25.9 Å². The normalized spacial score (nSPS) is 16.0. The van der Waals surface area contributed by atoms with Crippen LogP contribution in [0.5, 0.6) is 5.75 Å². The van der Waals surface area contributed by atoms with Crippen molar-refractivity contribution < 1.29 is 9.53 Å². The monoisotopic (exact) mass is 270 g/mol. The van der Waals surface area contributed by atoms with Crippen LogP contribution in [0.2, 0.25) is 0 Å². The van der Waals surface area contributed by atoms with Crippen molar-refractivity contribution in [2.24, 2.45) is 5.73 Å². The average Bonchev–Trinajstić information content (AvgIpc) is 2.39. The zero-order valence-corrected chi connectivity index (χ0v) is 11.3. The molecular weight excluding hydrogens is 252 g/mol. The summed E-state index contributed by atoms with van der Waals surface area (Å²) in [6, 6.07) is 7.50. The lowest BCUT2D eigenvalue weighted by Gasteiger charge is -2.30. The van der Waals surface area contributed by atoms with Gasteiger partial charge in [0.25, 0.3) is 5.91 Å². The zero-order valence-electron chi connectivity index (χ0n) is 10.5. The summed E-state index contributed by atoms with van der Waals surface area (Å²) in [5, 5.41) is 0. The molecule has 0 atom stereocenters. The first-order chi connectivity index (χ1) is 8.20. The number of amides is 1. The summed E-state index contributed by atoms with van der Waals surface area (Å²) < 4.78 is 5.12. The molecular formula is C13H19ClN2O2. The van der Waals surface area contributed by atoms with E-state index in [2.05, 4.69) is 0 Å². The van der Waals surface area contributed by atoms with Crippen molar-refractivity contribution in [1.82, 2.24) is 4.90 Å². The lowest BCUT2D eigenvalue weighted by atomic mass is 10.0. The number of nitrogens with two attached hydrogens (primary N) is 1. The number of carbonyl (C=O) groups excluding carboxylic acids is 1. The molecule has 1 aliphatic heterocycles. The van der Waals surface area contributed by atoms with Gasteiger partial charge in [0.2, 0.25) is 0 Å². The molecule has 0 saturated carbocycles. The topological polar surface area (TPSA) is 55.6 Å². The van der Waals surface area contributed by atoms with Crippen molar-refractivity contribution in [2.45, 2.75) is 18.9 Å². The Balaban J connectivity index is 0.00000162. The number of methoxy groups -OCH3 is 1. The third-order valence-corrected chi connectivity index (χ3v) is 3.14. The highest BCUT2D eigenvalue weighted by Gasteiger charge is 2.21. The van der Waals surface area contributed by atoms with Gasteiger partial charge in [0.1, 0.15) is 5.75 Å². The molecule has 1 saturated heterocycles. The summed E-state index contributed by atoms with van der Waals surface area (Å²) in [6.07, 6.45) is 1.77. The number of ether oxygens (including phenoxy) is 1. The first kappa shape index (κ1) is 14.8. The quantitative estimate of drug-likeness (QED) is 0.890. The fraction of sp³-hybridized carbons (Fsp3) is 0.462. The second kappa shape index (κ2) is 6.61. The second-order valence-electron chi connectivity index (χ2n) is 4.36. The predicted octanol–water partition coefficient (Wildman–Crippen LogP) is 1.68. The SMILES string of the molecule is COc1cccc(C(=O)N2CCC(N)CC2)c1.Cl. The number of nitrogens with zero attached hydrogens (tertiary/aromatic N) is 1. The molecule has 0 aromatic heterocycles. The molecule has 2 rings (SSSR count). The van der Waals surface area contributed by atoms with Crippen LogP contribution in [0, 0.1) is 0 Å². The Morgan fingerprint density at radius 2 is 2.06 bits per heavy atom. The van der Waals surface area contributed by atoms with Gasteiger partial charge in [-0.3, -0.25) is 4.79 Å². The van der Waals surface area contributed by atoms with Crippen LogP contribution >= 0.6 is 12.4 Å². The summed E-state index contributed by atoms with van der Waals surface area (Å²) in [6.45, 7) is 1.49. The molecule has 0 bridgehead atoms. The van der Waals surface area contributed by atoms with Gasteiger partial charge in [-0.15, -0.1) is 12.4 Å². The van der Waals surface area contributed by atoms with E-state index < -0.39 is 0 Å². The maximum Gasteiger partial charge on any atom is 0.253 e. The number of hydrogen-bond donors (Lipinski definition) is 1. The van der Waals surface area contributed by atoms with E-state index in [-0.39, 0.29) is 24.4 Å². The van der Waals surface area contributed by atoms with Gasteiger partial charge in [-0.05, 0) is 31.0 Å². The molecule has 0 radical (unpaired) electrons. The van der Waals surface area contributed by atoms with E-state index >= 15 is 0 Å². The van der Waals surface area contributed by atoms with Crippen molar-refractivity contribution in [3.05, 3.63) is 29.8 Å². The summed E-state index contributed by atoms with van der Waals surface area (Å²) in [4.78, 5) is 14.1. The third-order valence-electron chi connectivity index (χ3n) is 3.14. The van der Waals surface area contributed by atoms with Crippen LogP contribution in [0.3, 0.4) is 0 Å². The number of piperidine rings is 1. The van der Waals surface area contributed by atoms with Crippen LogP contribution in [-0.4, -0.2) is 37.0 Å². The molecule has 0 spiro atoms. The molecule has 5 heteroatoms. The van der Waals surface area contributed by atoms with Gasteiger partial charge in [-0.2, -0.15) is 0 Å². The Kier molecular flexibility index (Phi) is 5.44. The van der Waals surface area contributed by atoms with Crippen LogP contribution in [0.4, 0.5) is 0 Å². The van der Waals surface area contributed by atoms with Gasteiger partial charge in [0, 0.05) is 24.7 Å². The van der Waals surface area contributed by atoms with Crippen molar-refractivity contribution in [2.75, 3.05) is 20.2 Å². The van der Waals surface area contributed by atoms with E-state index in [1.165, 1.54) is 0 Å². The number of likely N-dealkylation sites (tertiary alicyclic amines) is 1. The minimum absolute atomic E-state index is 0. The van der Waals surface area contributed by atoms with E-state index in [9.17, 15) is 4.79 Å². The number of hydrogen-bond acceptors (Lipinski definition) is 3. The number of halogens is 1. The Hall–Kier alpha value is -1.26. The molecule has 1 aliphatic rings. The Morgan fingerprint density at radius 1 is 1.39 bits per heavy atom. The highest BCUT2D eigenvalue weighted by molar-refractivity contribution is 5.94. The molecule has 0 unspecified atom stereocenters. The van der Waals surface area contributed by atoms with Crippen molar-refractivity contribution in [1.29, 1.82) is 0 Å². The van der Waals surface area contributed by atoms with Crippen molar-refractivity contribution >= 4 is 18.3 Å². The lowest BCUT2D eigenvalue weighted by Crippen LogP contribution is -2.42.